The van der Waals surface area contributed by atoms with Gasteiger partial charge in [0.25, 0.3) is 0 Å². The summed E-state index contributed by atoms with van der Waals surface area (Å²) in [5.41, 5.74) is 0.908. The number of carbonyl (C=O) groups is 2. The van der Waals surface area contributed by atoms with E-state index in [1.165, 1.54) is 4.90 Å². The lowest BCUT2D eigenvalue weighted by Crippen LogP contribution is -2.55. The summed E-state index contributed by atoms with van der Waals surface area (Å²) in [6.45, 7) is 3.33. The van der Waals surface area contributed by atoms with Crippen molar-refractivity contribution in [2.24, 2.45) is 5.92 Å². The lowest BCUT2D eigenvalue weighted by molar-refractivity contribution is -0.161. The van der Waals surface area contributed by atoms with Crippen molar-refractivity contribution < 1.29 is 28.9 Å². The van der Waals surface area contributed by atoms with Crippen LogP contribution in [0.2, 0.25) is 0 Å². The third kappa shape index (κ3) is 3.17. The number of fused-ring (bicyclic) bond motifs is 1. The highest BCUT2D eigenvalue weighted by atomic mass is 16.5. The van der Waals surface area contributed by atoms with Gasteiger partial charge < -0.3 is 24.2 Å². The second-order valence-corrected chi connectivity index (χ2v) is 5.85. The van der Waals surface area contributed by atoms with E-state index in [-0.39, 0.29) is 25.7 Å². The molecular formula is C17H21NO6. The van der Waals surface area contributed by atoms with Gasteiger partial charge in [-0.2, -0.15) is 0 Å². The summed E-state index contributed by atoms with van der Waals surface area (Å²) < 4.78 is 16.5. The first kappa shape index (κ1) is 16.6. The molecule has 1 fully saturated rings. The number of morpholine rings is 1. The fraction of sp³-hybridized carbons (Fsp3) is 0.529. The standard InChI is InChI=1S/C17H21NO6/c1-2-23-14-5-3-4-11-8-12(9-24-15(11)14)16(19)18-6-7-22-10-13(18)17(20)21/h3-5,12-13H,2,6-10H2,1H3,(H,20,21)/t12-,13-/m1/s1. The molecule has 2 heterocycles. The molecule has 0 aliphatic carbocycles. The quantitative estimate of drug-likeness (QED) is 0.882. The predicted molar refractivity (Wildman–Crippen MR) is 84.3 cm³/mol. The summed E-state index contributed by atoms with van der Waals surface area (Å²) in [5, 5.41) is 9.29. The maximum atomic E-state index is 12.8. The van der Waals surface area contributed by atoms with Crippen molar-refractivity contribution in [1.82, 2.24) is 4.90 Å². The van der Waals surface area contributed by atoms with E-state index in [0.29, 0.717) is 31.1 Å². The van der Waals surface area contributed by atoms with Crippen molar-refractivity contribution in [3.05, 3.63) is 23.8 Å². The van der Waals surface area contributed by atoms with Gasteiger partial charge in [0.05, 0.1) is 25.7 Å². The first-order valence-electron chi connectivity index (χ1n) is 8.10. The Morgan fingerprint density at radius 3 is 2.96 bits per heavy atom. The van der Waals surface area contributed by atoms with Crippen LogP contribution >= 0.6 is 0 Å². The molecule has 1 aromatic rings. The molecule has 0 spiro atoms. The summed E-state index contributed by atoms with van der Waals surface area (Å²) in [7, 11) is 0. The molecule has 1 amide bonds. The third-order valence-corrected chi connectivity index (χ3v) is 4.30. The topological polar surface area (TPSA) is 85.3 Å². The van der Waals surface area contributed by atoms with Gasteiger partial charge in [-0.25, -0.2) is 4.79 Å². The Kier molecular flexibility index (Phi) is 4.89. The van der Waals surface area contributed by atoms with Crippen LogP contribution in [0.3, 0.4) is 0 Å². The maximum absolute atomic E-state index is 12.8. The lowest BCUT2D eigenvalue weighted by atomic mass is 9.94. The normalized spacial score (nSPS) is 23.1. The molecule has 0 unspecified atom stereocenters. The summed E-state index contributed by atoms with van der Waals surface area (Å²) >= 11 is 0. The first-order chi connectivity index (χ1) is 11.6. The van der Waals surface area contributed by atoms with Crippen LogP contribution in [0, 0.1) is 5.92 Å². The molecule has 130 valence electrons. The van der Waals surface area contributed by atoms with Crippen molar-refractivity contribution in [2.75, 3.05) is 33.0 Å². The van der Waals surface area contributed by atoms with Crippen molar-refractivity contribution >= 4 is 11.9 Å². The molecular weight excluding hydrogens is 314 g/mol. The molecule has 3 rings (SSSR count). The van der Waals surface area contributed by atoms with Crippen LogP contribution in [0.25, 0.3) is 0 Å². The molecule has 2 aliphatic rings. The lowest BCUT2D eigenvalue weighted by Gasteiger charge is -2.36. The summed E-state index contributed by atoms with van der Waals surface area (Å²) in [6, 6.07) is 4.69. The van der Waals surface area contributed by atoms with E-state index in [0.717, 1.165) is 5.56 Å². The molecule has 7 nitrogen and oxygen atoms in total. The second kappa shape index (κ2) is 7.09. The number of para-hydroxylation sites is 1. The van der Waals surface area contributed by atoms with Crippen LogP contribution in [-0.2, 0) is 20.7 Å². The van der Waals surface area contributed by atoms with Crippen LogP contribution in [-0.4, -0.2) is 60.9 Å². The van der Waals surface area contributed by atoms with E-state index in [9.17, 15) is 14.7 Å². The summed E-state index contributed by atoms with van der Waals surface area (Å²) in [4.78, 5) is 25.5. The van der Waals surface area contributed by atoms with Gasteiger partial charge in [-0.3, -0.25) is 4.79 Å². The second-order valence-electron chi connectivity index (χ2n) is 5.85. The van der Waals surface area contributed by atoms with E-state index in [1.54, 1.807) is 0 Å². The Hall–Kier alpha value is -2.28. The molecule has 2 atom stereocenters. The minimum atomic E-state index is -1.04. The first-order valence-corrected chi connectivity index (χ1v) is 8.10. The Morgan fingerprint density at radius 1 is 1.38 bits per heavy atom. The monoisotopic (exact) mass is 335 g/mol. The molecule has 0 bridgehead atoms. The van der Waals surface area contributed by atoms with E-state index in [1.807, 2.05) is 25.1 Å². The highest BCUT2D eigenvalue weighted by Crippen LogP contribution is 2.36. The van der Waals surface area contributed by atoms with E-state index in [2.05, 4.69) is 0 Å². The molecule has 1 saturated heterocycles. The summed E-state index contributed by atoms with van der Waals surface area (Å²) in [5.74, 6) is -0.276. The Balaban J connectivity index is 1.76. The number of nitrogens with zero attached hydrogens (tertiary/aromatic N) is 1. The Morgan fingerprint density at radius 2 is 2.21 bits per heavy atom. The molecule has 2 aliphatic heterocycles. The highest BCUT2D eigenvalue weighted by Gasteiger charge is 2.38. The average molecular weight is 335 g/mol. The van der Waals surface area contributed by atoms with Gasteiger partial charge in [0.2, 0.25) is 5.91 Å². The molecule has 24 heavy (non-hydrogen) atoms. The molecule has 0 aromatic heterocycles. The number of carboxylic acid groups (broad SMARTS) is 1. The Bertz CT molecular complexity index is 632. The SMILES string of the molecule is CCOc1cccc2c1OC[C@H](C(=O)N1CCOC[C@@H]1C(=O)O)C2. The zero-order chi connectivity index (χ0) is 17.1. The molecule has 1 aromatic carbocycles. The van der Waals surface area contributed by atoms with Gasteiger partial charge in [0, 0.05) is 6.54 Å². The molecule has 1 N–H and O–H groups in total. The highest BCUT2D eigenvalue weighted by molar-refractivity contribution is 5.86. The van der Waals surface area contributed by atoms with Gasteiger partial charge in [-0.1, -0.05) is 12.1 Å². The van der Waals surface area contributed by atoms with Crippen molar-refractivity contribution in [3.8, 4) is 11.5 Å². The maximum Gasteiger partial charge on any atom is 0.328 e. The van der Waals surface area contributed by atoms with Gasteiger partial charge in [-0.05, 0) is 25.0 Å². The number of ether oxygens (including phenoxy) is 3. The van der Waals surface area contributed by atoms with Crippen LogP contribution < -0.4 is 9.47 Å². The van der Waals surface area contributed by atoms with E-state index >= 15 is 0 Å². The van der Waals surface area contributed by atoms with Gasteiger partial charge >= 0.3 is 5.97 Å². The third-order valence-electron chi connectivity index (χ3n) is 4.30. The van der Waals surface area contributed by atoms with E-state index < -0.39 is 17.9 Å². The number of benzene rings is 1. The van der Waals surface area contributed by atoms with Crippen molar-refractivity contribution in [1.29, 1.82) is 0 Å². The minimum Gasteiger partial charge on any atom is -0.490 e. The fourth-order valence-corrected chi connectivity index (χ4v) is 3.13. The van der Waals surface area contributed by atoms with Crippen LogP contribution in [0.5, 0.6) is 11.5 Å². The van der Waals surface area contributed by atoms with E-state index in [4.69, 9.17) is 14.2 Å². The van der Waals surface area contributed by atoms with Crippen molar-refractivity contribution in [3.63, 3.8) is 0 Å². The van der Waals surface area contributed by atoms with Crippen LogP contribution in [0.15, 0.2) is 18.2 Å². The minimum absolute atomic E-state index is 0.0275. The number of carbonyl (C=O) groups excluding carboxylic acids is 1. The van der Waals surface area contributed by atoms with Crippen LogP contribution in [0.1, 0.15) is 12.5 Å². The molecule has 0 saturated carbocycles. The number of rotatable bonds is 4. The Labute approximate surface area is 140 Å². The van der Waals surface area contributed by atoms with Gasteiger partial charge in [0.15, 0.2) is 17.5 Å². The average Bonchev–Trinajstić information content (AvgIpc) is 2.61. The zero-order valence-corrected chi connectivity index (χ0v) is 13.6. The van der Waals surface area contributed by atoms with Gasteiger partial charge in [0.1, 0.15) is 6.61 Å². The number of hydrogen-bond donors (Lipinski definition) is 1. The van der Waals surface area contributed by atoms with Crippen molar-refractivity contribution in [2.45, 2.75) is 19.4 Å². The number of aliphatic carboxylic acids is 1. The predicted octanol–water partition coefficient (Wildman–Crippen LogP) is 0.948. The fourth-order valence-electron chi connectivity index (χ4n) is 3.13. The number of hydrogen-bond acceptors (Lipinski definition) is 5. The van der Waals surface area contributed by atoms with Crippen LogP contribution in [0.4, 0.5) is 0 Å². The summed E-state index contributed by atoms with van der Waals surface area (Å²) in [6.07, 6.45) is 0.513. The number of carboxylic acids is 1. The zero-order valence-electron chi connectivity index (χ0n) is 13.6. The van der Waals surface area contributed by atoms with Gasteiger partial charge in [-0.15, -0.1) is 0 Å². The number of amides is 1. The molecule has 0 radical (unpaired) electrons. The smallest absolute Gasteiger partial charge is 0.328 e. The molecule has 7 heteroatoms. The largest absolute Gasteiger partial charge is 0.490 e.